The molecule has 6 nitrogen and oxygen atoms in total. The van der Waals surface area contributed by atoms with E-state index >= 15 is 0 Å². The lowest BCUT2D eigenvalue weighted by Crippen LogP contribution is -2.48. The highest BCUT2D eigenvalue weighted by Gasteiger charge is 2.27. The van der Waals surface area contributed by atoms with Crippen molar-refractivity contribution in [2.45, 2.75) is 31.5 Å². The average molecular weight is 383 g/mol. The zero-order chi connectivity index (χ0) is 19.3. The van der Waals surface area contributed by atoms with Crippen LogP contribution in [-0.4, -0.2) is 67.3 Å². The van der Waals surface area contributed by atoms with E-state index in [2.05, 4.69) is 28.9 Å². The summed E-state index contributed by atoms with van der Waals surface area (Å²) in [6, 6.07) is 12.9. The van der Waals surface area contributed by atoms with Crippen molar-refractivity contribution in [3.63, 3.8) is 0 Å². The number of benzene rings is 1. The van der Waals surface area contributed by atoms with Crippen LogP contribution < -0.4 is 14.2 Å². The summed E-state index contributed by atoms with van der Waals surface area (Å²) < 4.78 is 18.0. The van der Waals surface area contributed by atoms with Crippen molar-refractivity contribution >= 4 is 0 Å². The van der Waals surface area contributed by atoms with E-state index in [1.807, 2.05) is 36.4 Å². The molecule has 1 aromatic carbocycles. The maximum absolute atomic E-state index is 6.09. The number of likely N-dealkylation sites (tertiary alicyclic amines) is 2. The fourth-order valence-corrected chi connectivity index (χ4v) is 3.37. The monoisotopic (exact) mass is 383 g/mol. The first-order valence-corrected chi connectivity index (χ1v) is 10.0. The summed E-state index contributed by atoms with van der Waals surface area (Å²) in [6.07, 6.45) is 4.04. The van der Waals surface area contributed by atoms with Gasteiger partial charge in [-0.2, -0.15) is 0 Å². The van der Waals surface area contributed by atoms with E-state index in [0.29, 0.717) is 49.3 Å². The Morgan fingerprint density at radius 2 is 1.61 bits per heavy atom. The third kappa shape index (κ3) is 4.56. The molecule has 2 aliphatic heterocycles. The molecule has 2 atom stereocenters. The van der Waals surface area contributed by atoms with E-state index in [0.717, 1.165) is 31.5 Å². The number of ether oxygens (including phenoxy) is 3. The minimum Gasteiger partial charge on any atom is -0.487 e. The van der Waals surface area contributed by atoms with Gasteiger partial charge in [-0.15, -0.1) is 0 Å². The summed E-state index contributed by atoms with van der Waals surface area (Å²) in [6.45, 7) is 4.03. The van der Waals surface area contributed by atoms with Gasteiger partial charge < -0.3 is 14.2 Å². The molecule has 2 aliphatic rings. The summed E-state index contributed by atoms with van der Waals surface area (Å²) in [5, 5.41) is 0. The topological polar surface area (TPSA) is 47.1 Å². The number of aromatic nitrogens is 1. The third-order valence-corrected chi connectivity index (χ3v) is 5.76. The molecule has 28 heavy (non-hydrogen) atoms. The fourth-order valence-electron chi connectivity index (χ4n) is 3.37. The van der Waals surface area contributed by atoms with Gasteiger partial charge in [-0.3, -0.25) is 9.80 Å². The quantitative estimate of drug-likeness (QED) is 0.664. The van der Waals surface area contributed by atoms with E-state index in [-0.39, 0.29) is 0 Å². The zero-order valence-electron chi connectivity index (χ0n) is 16.7. The van der Waals surface area contributed by atoms with Crippen LogP contribution in [0.5, 0.6) is 17.4 Å². The van der Waals surface area contributed by atoms with Crippen molar-refractivity contribution < 1.29 is 14.2 Å². The number of pyridine rings is 1. The van der Waals surface area contributed by atoms with E-state index in [4.69, 9.17) is 14.2 Å². The van der Waals surface area contributed by atoms with E-state index < -0.39 is 0 Å². The molecule has 4 rings (SSSR count). The summed E-state index contributed by atoms with van der Waals surface area (Å²) in [4.78, 5) is 9.07. The van der Waals surface area contributed by atoms with E-state index in [9.17, 15) is 0 Å². The van der Waals surface area contributed by atoms with Gasteiger partial charge in [0, 0.05) is 18.2 Å². The van der Waals surface area contributed by atoms with Crippen LogP contribution >= 0.6 is 0 Å². The number of hydrogen-bond acceptors (Lipinski definition) is 6. The van der Waals surface area contributed by atoms with Crippen LogP contribution in [0.1, 0.15) is 18.4 Å². The maximum Gasteiger partial charge on any atom is 0.257 e. The third-order valence-electron chi connectivity index (χ3n) is 5.76. The highest BCUT2D eigenvalue weighted by atomic mass is 16.5. The van der Waals surface area contributed by atoms with Crippen molar-refractivity contribution in [2.75, 3.05) is 40.4 Å². The second-order valence-corrected chi connectivity index (χ2v) is 7.72. The van der Waals surface area contributed by atoms with Crippen LogP contribution in [0.4, 0.5) is 0 Å². The molecular formula is C22H29N3O3. The number of rotatable bonds is 9. The smallest absolute Gasteiger partial charge is 0.257 e. The molecular weight excluding hydrogens is 354 g/mol. The summed E-state index contributed by atoms with van der Waals surface area (Å²) in [5.74, 6) is 1.90. The largest absolute Gasteiger partial charge is 0.487 e. The van der Waals surface area contributed by atoms with E-state index in [1.54, 1.807) is 6.20 Å². The molecule has 0 N–H and O–H groups in total. The Bertz CT molecular complexity index is 771. The van der Waals surface area contributed by atoms with Gasteiger partial charge in [0.15, 0.2) is 5.75 Å². The number of nitrogens with zero attached hydrogens (tertiary/aromatic N) is 3. The Morgan fingerprint density at radius 1 is 0.929 bits per heavy atom. The van der Waals surface area contributed by atoms with Gasteiger partial charge in [-0.1, -0.05) is 30.3 Å². The SMILES string of the molecule is CN1CC[C@H]1COc1cc(OCc2ccccc2)cnc1OC[C@@H]1CCN1C. The van der Waals surface area contributed by atoms with Crippen LogP contribution in [0.15, 0.2) is 42.6 Å². The molecule has 2 saturated heterocycles. The second-order valence-electron chi connectivity index (χ2n) is 7.72. The number of likely N-dealkylation sites (N-methyl/N-ethyl adjacent to an activating group) is 2. The van der Waals surface area contributed by atoms with E-state index in [1.165, 1.54) is 0 Å². The lowest BCUT2D eigenvalue weighted by Gasteiger charge is -2.38. The van der Waals surface area contributed by atoms with Gasteiger partial charge in [0.2, 0.25) is 0 Å². The summed E-state index contributed by atoms with van der Waals surface area (Å²) in [5.41, 5.74) is 1.12. The molecule has 0 saturated carbocycles. The van der Waals surface area contributed by atoms with Gasteiger partial charge in [0.05, 0.1) is 6.20 Å². The van der Waals surface area contributed by atoms with Gasteiger partial charge in [0.25, 0.3) is 5.88 Å². The van der Waals surface area contributed by atoms with Gasteiger partial charge in [0.1, 0.15) is 25.6 Å². The molecule has 0 aliphatic carbocycles. The Balaban J connectivity index is 1.41. The standard InChI is InChI=1S/C22H29N3O3/c1-24-10-8-18(24)15-27-21-12-20(26-14-17-6-4-3-5-7-17)13-23-22(21)28-16-19-9-11-25(19)2/h3-7,12-13,18-19H,8-11,14-16H2,1-2H3/t18-,19-/m0/s1. The average Bonchev–Trinajstić information content (AvgIpc) is 2.72. The molecule has 2 aromatic rings. The van der Waals surface area contributed by atoms with Crippen molar-refractivity contribution in [1.82, 2.24) is 14.8 Å². The van der Waals surface area contributed by atoms with Crippen LogP contribution in [-0.2, 0) is 6.61 Å². The Kier molecular flexibility index (Phi) is 5.98. The van der Waals surface area contributed by atoms with Gasteiger partial charge in [-0.25, -0.2) is 4.98 Å². The van der Waals surface area contributed by atoms with Gasteiger partial charge >= 0.3 is 0 Å². The molecule has 150 valence electrons. The normalized spacial score (nSPS) is 22.2. The molecule has 2 fully saturated rings. The molecule has 6 heteroatoms. The predicted molar refractivity (Wildman–Crippen MR) is 108 cm³/mol. The second kappa shape index (κ2) is 8.80. The fraction of sp³-hybridized carbons (Fsp3) is 0.500. The van der Waals surface area contributed by atoms with Crippen molar-refractivity contribution in [3.8, 4) is 17.4 Å². The maximum atomic E-state index is 6.09. The first-order chi connectivity index (χ1) is 13.7. The molecule has 0 bridgehead atoms. The van der Waals surface area contributed by atoms with Crippen molar-refractivity contribution in [2.24, 2.45) is 0 Å². The molecule has 0 unspecified atom stereocenters. The lowest BCUT2D eigenvalue weighted by molar-refractivity contribution is 0.0644. The minimum atomic E-state index is 0.458. The Labute approximate surface area is 167 Å². The van der Waals surface area contributed by atoms with Crippen molar-refractivity contribution in [3.05, 3.63) is 48.2 Å². The molecule has 0 spiro atoms. The first-order valence-electron chi connectivity index (χ1n) is 10.0. The van der Waals surface area contributed by atoms with Crippen LogP contribution in [0, 0.1) is 0 Å². The van der Waals surface area contributed by atoms with Crippen LogP contribution in [0.25, 0.3) is 0 Å². The predicted octanol–water partition coefficient (Wildman–Crippen LogP) is 2.83. The molecule has 0 amide bonds. The molecule has 0 radical (unpaired) electrons. The minimum absolute atomic E-state index is 0.458. The summed E-state index contributed by atoms with van der Waals surface area (Å²) >= 11 is 0. The van der Waals surface area contributed by atoms with Crippen LogP contribution in [0.3, 0.4) is 0 Å². The Hall–Kier alpha value is -2.31. The highest BCUT2D eigenvalue weighted by molar-refractivity contribution is 5.39. The highest BCUT2D eigenvalue weighted by Crippen LogP contribution is 2.31. The summed E-state index contributed by atoms with van der Waals surface area (Å²) in [7, 11) is 4.24. The number of hydrogen-bond donors (Lipinski definition) is 0. The zero-order valence-corrected chi connectivity index (χ0v) is 16.7. The molecule has 3 heterocycles. The van der Waals surface area contributed by atoms with Crippen molar-refractivity contribution in [1.29, 1.82) is 0 Å². The first kappa shape index (κ1) is 19.0. The van der Waals surface area contributed by atoms with Gasteiger partial charge in [-0.05, 0) is 45.6 Å². The Morgan fingerprint density at radius 3 is 2.21 bits per heavy atom. The lowest BCUT2D eigenvalue weighted by atomic mass is 10.1. The molecule has 1 aromatic heterocycles. The van der Waals surface area contributed by atoms with Crippen LogP contribution in [0.2, 0.25) is 0 Å².